The number of aryl methyl sites for hydroxylation is 1. The average molecular weight is 320 g/mol. The van der Waals surface area contributed by atoms with E-state index in [0.29, 0.717) is 23.8 Å². The highest BCUT2D eigenvalue weighted by atomic mass is 32.2. The van der Waals surface area contributed by atoms with Crippen molar-refractivity contribution in [2.45, 2.75) is 49.5 Å². The molecule has 0 unspecified atom stereocenters. The van der Waals surface area contributed by atoms with Crippen molar-refractivity contribution < 1.29 is 8.42 Å². The topological polar surface area (TPSA) is 77.7 Å². The molecule has 1 aromatic carbocycles. The quantitative estimate of drug-likeness (QED) is 0.815. The molecule has 0 atom stereocenters. The fourth-order valence-electron chi connectivity index (χ4n) is 3.00. The standard InChI is InChI=1S/C15H20N4O2S/c20-22(21,14-9-2-1-3-10-14)12-6-11-19-15(16-17-18-19)13-7-4-5-8-13/h1-3,9-10,13H,4-8,11-12H2. The summed E-state index contributed by atoms with van der Waals surface area (Å²) < 4.78 is 26.3. The van der Waals surface area contributed by atoms with Gasteiger partial charge in [-0.15, -0.1) is 5.10 Å². The Balaban J connectivity index is 1.61. The highest BCUT2D eigenvalue weighted by molar-refractivity contribution is 7.91. The van der Waals surface area contributed by atoms with Gasteiger partial charge in [0.2, 0.25) is 0 Å². The van der Waals surface area contributed by atoms with Gasteiger partial charge in [-0.3, -0.25) is 0 Å². The van der Waals surface area contributed by atoms with Crippen LogP contribution in [0.4, 0.5) is 0 Å². The number of nitrogens with zero attached hydrogens (tertiary/aromatic N) is 4. The number of hydrogen-bond donors (Lipinski definition) is 0. The molecule has 1 aromatic heterocycles. The van der Waals surface area contributed by atoms with Crippen LogP contribution in [-0.4, -0.2) is 34.4 Å². The third kappa shape index (κ3) is 3.35. The lowest BCUT2D eigenvalue weighted by Crippen LogP contribution is -2.13. The van der Waals surface area contributed by atoms with E-state index in [-0.39, 0.29) is 5.75 Å². The van der Waals surface area contributed by atoms with Crippen molar-refractivity contribution in [3.05, 3.63) is 36.2 Å². The van der Waals surface area contributed by atoms with Gasteiger partial charge < -0.3 is 0 Å². The third-order valence-electron chi connectivity index (χ3n) is 4.17. The van der Waals surface area contributed by atoms with Crippen LogP contribution in [0.1, 0.15) is 43.8 Å². The van der Waals surface area contributed by atoms with Gasteiger partial charge in [0.05, 0.1) is 10.6 Å². The molecule has 3 rings (SSSR count). The Labute approximate surface area is 130 Å². The van der Waals surface area contributed by atoms with Crippen LogP contribution in [0, 0.1) is 0 Å². The van der Waals surface area contributed by atoms with Gasteiger partial charge in [0.1, 0.15) is 0 Å². The first-order chi connectivity index (χ1) is 10.7. The molecular formula is C15H20N4O2S. The summed E-state index contributed by atoms with van der Waals surface area (Å²) in [6, 6.07) is 8.57. The molecular weight excluding hydrogens is 300 g/mol. The molecule has 2 aromatic rings. The van der Waals surface area contributed by atoms with Crippen LogP contribution in [0.25, 0.3) is 0 Å². The predicted molar refractivity (Wildman–Crippen MR) is 82.1 cm³/mol. The van der Waals surface area contributed by atoms with Crippen LogP contribution < -0.4 is 0 Å². The van der Waals surface area contributed by atoms with E-state index in [1.807, 2.05) is 6.07 Å². The average Bonchev–Trinajstić information content (AvgIpc) is 3.18. The number of benzene rings is 1. The molecule has 1 aliphatic carbocycles. The maximum atomic E-state index is 12.2. The van der Waals surface area contributed by atoms with Crippen molar-refractivity contribution in [3.8, 4) is 0 Å². The maximum absolute atomic E-state index is 12.2. The summed E-state index contributed by atoms with van der Waals surface area (Å²) in [5, 5.41) is 11.9. The maximum Gasteiger partial charge on any atom is 0.178 e. The SMILES string of the molecule is O=S(=O)(CCCn1nnnc1C1CCCC1)c1ccccc1. The van der Waals surface area contributed by atoms with Crippen LogP contribution in [0.2, 0.25) is 0 Å². The molecule has 0 N–H and O–H groups in total. The van der Waals surface area contributed by atoms with Crippen molar-refractivity contribution in [1.29, 1.82) is 0 Å². The van der Waals surface area contributed by atoms with Crippen LogP contribution in [0.15, 0.2) is 35.2 Å². The van der Waals surface area contributed by atoms with Crippen molar-refractivity contribution >= 4 is 9.84 Å². The normalized spacial score (nSPS) is 16.2. The zero-order valence-corrected chi connectivity index (χ0v) is 13.2. The summed E-state index contributed by atoms with van der Waals surface area (Å²) in [7, 11) is -3.23. The van der Waals surface area contributed by atoms with Crippen LogP contribution >= 0.6 is 0 Å². The van der Waals surface area contributed by atoms with Crippen molar-refractivity contribution in [1.82, 2.24) is 20.2 Å². The van der Waals surface area contributed by atoms with E-state index in [2.05, 4.69) is 15.5 Å². The van der Waals surface area contributed by atoms with Crippen molar-refractivity contribution in [2.75, 3.05) is 5.75 Å². The van der Waals surface area contributed by atoms with Gasteiger partial charge in [0.15, 0.2) is 15.7 Å². The fraction of sp³-hybridized carbons (Fsp3) is 0.533. The molecule has 1 fully saturated rings. The van der Waals surface area contributed by atoms with E-state index in [1.54, 1.807) is 28.9 Å². The highest BCUT2D eigenvalue weighted by Gasteiger charge is 2.23. The van der Waals surface area contributed by atoms with Gasteiger partial charge in [-0.05, 0) is 41.8 Å². The number of sulfone groups is 1. The monoisotopic (exact) mass is 320 g/mol. The van der Waals surface area contributed by atoms with E-state index in [9.17, 15) is 8.42 Å². The molecule has 0 aliphatic heterocycles. The first-order valence-corrected chi connectivity index (χ1v) is 9.36. The van der Waals surface area contributed by atoms with E-state index in [1.165, 1.54) is 12.8 Å². The number of rotatable bonds is 6. The Bertz CT molecular complexity index is 706. The molecule has 0 amide bonds. The van der Waals surface area contributed by atoms with Crippen LogP contribution in [-0.2, 0) is 16.4 Å². The van der Waals surface area contributed by atoms with Gasteiger partial charge in [0.25, 0.3) is 0 Å². The molecule has 1 heterocycles. The van der Waals surface area contributed by atoms with E-state index < -0.39 is 9.84 Å². The first kappa shape index (κ1) is 15.1. The van der Waals surface area contributed by atoms with Crippen molar-refractivity contribution in [2.24, 2.45) is 0 Å². The summed E-state index contributed by atoms with van der Waals surface area (Å²) in [4.78, 5) is 0.378. The summed E-state index contributed by atoms with van der Waals surface area (Å²) in [6.45, 7) is 0.547. The molecule has 22 heavy (non-hydrogen) atoms. The molecule has 7 heteroatoms. The van der Waals surface area contributed by atoms with Crippen LogP contribution in [0.5, 0.6) is 0 Å². The molecule has 0 bridgehead atoms. The number of tetrazole rings is 1. The minimum Gasteiger partial charge on any atom is -0.229 e. The number of hydrogen-bond acceptors (Lipinski definition) is 5. The van der Waals surface area contributed by atoms with Gasteiger partial charge in [0, 0.05) is 12.5 Å². The lowest BCUT2D eigenvalue weighted by Gasteiger charge is -2.09. The summed E-state index contributed by atoms with van der Waals surface area (Å²) in [5.41, 5.74) is 0. The van der Waals surface area contributed by atoms with Crippen molar-refractivity contribution in [3.63, 3.8) is 0 Å². The Morgan fingerprint density at radius 3 is 2.59 bits per heavy atom. The molecule has 0 radical (unpaired) electrons. The second kappa shape index (κ2) is 6.56. The predicted octanol–water partition coefficient (Wildman–Crippen LogP) is 2.19. The van der Waals surface area contributed by atoms with E-state index in [0.717, 1.165) is 18.7 Å². The third-order valence-corrected chi connectivity index (χ3v) is 5.98. The van der Waals surface area contributed by atoms with E-state index >= 15 is 0 Å². The molecule has 6 nitrogen and oxygen atoms in total. The Hall–Kier alpha value is -1.76. The second-order valence-electron chi connectivity index (χ2n) is 5.73. The molecule has 1 aliphatic rings. The molecule has 1 saturated carbocycles. The summed E-state index contributed by atoms with van der Waals surface area (Å²) in [5.74, 6) is 1.45. The van der Waals surface area contributed by atoms with Gasteiger partial charge in [-0.2, -0.15) is 0 Å². The fourth-order valence-corrected chi connectivity index (χ4v) is 4.31. The van der Waals surface area contributed by atoms with Gasteiger partial charge >= 0.3 is 0 Å². The molecule has 118 valence electrons. The minimum absolute atomic E-state index is 0.112. The van der Waals surface area contributed by atoms with Gasteiger partial charge in [-0.25, -0.2) is 13.1 Å². The first-order valence-electron chi connectivity index (χ1n) is 7.71. The smallest absolute Gasteiger partial charge is 0.178 e. The Morgan fingerprint density at radius 1 is 1.14 bits per heavy atom. The highest BCUT2D eigenvalue weighted by Crippen LogP contribution is 2.32. The minimum atomic E-state index is -3.23. The molecule has 0 saturated heterocycles. The molecule has 0 spiro atoms. The lowest BCUT2D eigenvalue weighted by atomic mass is 10.1. The second-order valence-corrected chi connectivity index (χ2v) is 7.84. The number of aromatic nitrogens is 4. The zero-order valence-electron chi connectivity index (χ0n) is 12.4. The van der Waals surface area contributed by atoms with Crippen LogP contribution in [0.3, 0.4) is 0 Å². The van der Waals surface area contributed by atoms with Gasteiger partial charge in [-0.1, -0.05) is 31.0 Å². The largest absolute Gasteiger partial charge is 0.229 e. The summed E-state index contributed by atoms with van der Waals surface area (Å²) >= 11 is 0. The Kier molecular flexibility index (Phi) is 4.52. The lowest BCUT2D eigenvalue weighted by molar-refractivity contribution is 0.518. The Morgan fingerprint density at radius 2 is 1.86 bits per heavy atom. The summed E-state index contributed by atoms with van der Waals surface area (Å²) in [6.07, 6.45) is 5.22. The van der Waals surface area contributed by atoms with E-state index in [4.69, 9.17) is 0 Å². The zero-order chi connectivity index (χ0) is 15.4.